The number of benzene rings is 1. The molecule has 2 aromatic rings. The molecule has 8 heteroatoms. The van der Waals surface area contributed by atoms with Gasteiger partial charge < -0.3 is 14.3 Å². The predicted octanol–water partition coefficient (Wildman–Crippen LogP) is 1.47. The highest BCUT2D eigenvalue weighted by atomic mass is 32.2. The quantitative estimate of drug-likeness (QED) is 0.740. The fourth-order valence-corrected chi connectivity index (χ4v) is 2.98. The van der Waals surface area contributed by atoms with Crippen LogP contribution in [-0.2, 0) is 14.8 Å². The third-order valence-electron chi connectivity index (χ3n) is 3.22. The van der Waals surface area contributed by atoms with Crippen molar-refractivity contribution < 1.29 is 27.5 Å². The van der Waals surface area contributed by atoms with Gasteiger partial charge in [0.25, 0.3) is 0 Å². The minimum absolute atomic E-state index is 0.0305. The van der Waals surface area contributed by atoms with Crippen LogP contribution in [0.2, 0.25) is 0 Å². The van der Waals surface area contributed by atoms with Gasteiger partial charge in [0.2, 0.25) is 10.0 Å². The van der Waals surface area contributed by atoms with E-state index in [4.69, 9.17) is 4.42 Å². The van der Waals surface area contributed by atoms with E-state index in [1.807, 2.05) is 0 Å². The summed E-state index contributed by atoms with van der Waals surface area (Å²) in [7, 11) is -2.46. The molecule has 124 valence electrons. The van der Waals surface area contributed by atoms with Crippen molar-refractivity contribution in [2.45, 2.75) is 17.4 Å². The molecule has 23 heavy (non-hydrogen) atoms. The highest BCUT2D eigenvalue weighted by Gasteiger charge is 2.16. The lowest BCUT2D eigenvalue weighted by Crippen LogP contribution is -2.26. The SMILES string of the molecule is COC(=O)c1ccc(S(=O)(=O)NCCC(O)c2ccoc2)cc1. The zero-order chi connectivity index (χ0) is 16.9. The van der Waals surface area contributed by atoms with E-state index in [9.17, 15) is 18.3 Å². The summed E-state index contributed by atoms with van der Waals surface area (Å²) in [5.41, 5.74) is 0.855. The summed E-state index contributed by atoms with van der Waals surface area (Å²) in [5.74, 6) is -0.537. The Kier molecular flexibility index (Phi) is 5.54. The Morgan fingerprint density at radius 1 is 1.30 bits per heavy atom. The second-order valence-electron chi connectivity index (χ2n) is 4.77. The van der Waals surface area contributed by atoms with E-state index in [2.05, 4.69) is 9.46 Å². The molecule has 0 aliphatic carbocycles. The number of sulfonamides is 1. The minimum Gasteiger partial charge on any atom is -0.472 e. The van der Waals surface area contributed by atoms with Crippen LogP contribution in [-0.4, -0.2) is 33.1 Å². The van der Waals surface area contributed by atoms with Crippen LogP contribution < -0.4 is 4.72 Å². The van der Waals surface area contributed by atoms with Crippen molar-refractivity contribution in [3.05, 3.63) is 54.0 Å². The molecule has 0 amide bonds. The Labute approximate surface area is 133 Å². The van der Waals surface area contributed by atoms with Gasteiger partial charge in [0, 0.05) is 12.1 Å². The maximum atomic E-state index is 12.1. The second-order valence-corrected chi connectivity index (χ2v) is 6.54. The maximum absolute atomic E-state index is 12.1. The average Bonchev–Trinajstić information content (AvgIpc) is 3.08. The summed E-state index contributed by atoms with van der Waals surface area (Å²) in [6, 6.07) is 7.01. The number of aliphatic hydroxyl groups is 1. The molecule has 0 bridgehead atoms. The van der Waals surface area contributed by atoms with Gasteiger partial charge in [-0.25, -0.2) is 17.9 Å². The first kappa shape index (κ1) is 17.2. The molecule has 1 unspecified atom stereocenters. The van der Waals surface area contributed by atoms with Crippen molar-refractivity contribution in [1.82, 2.24) is 4.72 Å². The van der Waals surface area contributed by atoms with Crippen LogP contribution in [0, 0.1) is 0 Å². The molecule has 1 atom stereocenters. The van der Waals surface area contributed by atoms with Gasteiger partial charge in [-0.2, -0.15) is 0 Å². The van der Waals surface area contributed by atoms with E-state index in [1.165, 1.54) is 43.9 Å². The van der Waals surface area contributed by atoms with Crippen molar-refractivity contribution in [3.8, 4) is 0 Å². The van der Waals surface area contributed by atoms with Gasteiger partial charge in [-0.1, -0.05) is 0 Å². The monoisotopic (exact) mass is 339 g/mol. The highest BCUT2D eigenvalue weighted by Crippen LogP contribution is 2.17. The van der Waals surface area contributed by atoms with Crippen molar-refractivity contribution in [2.75, 3.05) is 13.7 Å². The Morgan fingerprint density at radius 3 is 2.57 bits per heavy atom. The average molecular weight is 339 g/mol. The molecular weight excluding hydrogens is 322 g/mol. The molecule has 1 heterocycles. The maximum Gasteiger partial charge on any atom is 0.337 e. The molecule has 0 aliphatic rings. The van der Waals surface area contributed by atoms with Crippen LogP contribution in [0.3, 0.4) is 0 Å². The lowest BCUT2D eigenvalue weighted by atomic mass is 10.1. The number of ether oxygens (including phenoxy) is 1. The van der Waals surface area contributed by atoms with E-state index in [1.54, 1.807) is 6.07 Å². The normalized spacial score (nSPS) is 12.8. The first-order valence-corrected chi connectivity index (χ1v) is 8.30. The lowest BCUT2D eigenvalue weighted by Gasteiger charge is -2.10. The van der Waals surface area contributed by atoms with Gasteiger partial charge in [-0.15, -0.1) is 0 Å². The summed E-state index contributed by atoms with van der Waals surface area (Å²) in [6.07, 6.45) is 2.24. The van der Waals surface area contributed by atoms with Gasteiger partial charge >= 0.3 is 5.97 Å². The highest BCUT2D eigenvalue weighted by molar-refractivity contribution is 7.89. The standard InChI is InChI=1S/C15H17NO6S/c1-21-15(18)11-2-4-13(5-3-11)23(19,20)16-8-6-14(17)12-7-9-22-10-12/h2-5,7,9-10,14,16-17H,6,8H2,1H3. The molecular formula is C15H17NO6S. The molecule has 1 aromatic carbocycles. The predicted molar refractivity (Wildman–Crippen MR) is 81.3 cm³/mol. The van der Waals surface area contributed by atoms with Crippen LogP contribution in [0.5, 0.6) is 0 Å². The van der Waals surface area contributed by atoms with Gasteiger partial charge in [0.05, 0.1) is 36.2 Å². The first-order chi connectivity index (χ1) is 10.9. The number of hydrogen-bond acceptors (Lipinski definition) is 6. The fourth-order valence-electron chi connectivity index (χ4n) is 1.93. The van der Waals surface area contributed by atoms with Crippen LogP contribution in [0.4, 0.5) is 0 Å². The van der Waals surface area contributed by atoms with Gasteiger partial charge in [0.1, 0.15) is 0 Å². The number of esters is 1. The zero-order valence-electron chi connectivity index (χ0n) is 12.4. The summed E-state index contributed by atoms with van der Waals surface area (Å²) in [5, 5.41) is 9.86. The molecule has 0 fully saturated rings. The molecule has 7 nitrogen and oxygen atoms in total. The smallest absolute Gasteiger partial charge is 0.337 e. The minimum atomic E-state index is -3.71. The van der Waals surface area contributed by atoms with Crippen LogP contribution in [0.1, 0.15) is 28.4 Å². The van der Waals surface area contributed by atoms with Gasteiger partial charge in [-0.3, -0.25) is 0 Å². The van der Waals surface area contributed by atoms with Crippen LogP contribution in [0.25, 0.3) is 0 Å². The molecule has 0 spiro atoms. The summed E-state index contributed by atoms with van der Waals surface area (Å²) < 4.78 is 36.0. The number of carbonyl (C=O) groups excluding carboxylic acids is 1. The Hall–Kier alpha value is -2.16. The molecule has 2 rings (SSSR count). The van der Waals surface area contributed by atoms with E-state index in [-0.39, 0.29) is 23.4 Å². The number of rotatable bonds is 7. The van der Waals surface area contributed by atoms with Crippen molar-refractivity contribution in [3.63, 3.8) is 0 Å². The molecule has 1 aromatic heterocycles. The molecule has 0 saturated carbocycles. The van der Waals surface area contributed by atoms with E-state index in [0.29, 0.717) is 5.56 Å². The number of methoxy groups -OCH3 is 1. The van der Waals surface area contributed by atoms with E-state index in [0.717, 1.165) is 0 Å². The Bertz CT molecular complexity index is 737. The number of nitrogens with one attached hydrogen (secondary N) is 1. The largest absolute Gasteiger partial charge is 0.472 e. The zero-order valence-corrected chi connectivity index (χ0v) is 13.2. The number of aliphatic hydroxyl groups excluding tert-OH is 1. The third kappa shape index (κ3) is 4.41. The van der Waals surface area contributed by atoms with E-state index >= 15 is 0 Å². The number of carbonyl (C=O) groups is 1. The van der Waals surface area contributed by atoms with Crippen molar-refractivity contribution >= 4 is 16.0 Å². The molecule has 0 saturated heterocycles. The Morgan fingerprint density at radius 2 is 2.00 bits per heavy atom. The summed E-state index contributed by atoms with van der Waals surface area (Å²) in [4.78, 5) is 11.3. The topological polar surface area (TPSA) is 106 Å². The Balaban J connectivity index is 1.95. The van der Waals surface area contributed by atoms with Crippen molar-refractivity contribution in [2.24, 2.45) is 0 Å². The molecule has 0 radical (unpaired) electrons. The number of furan rings is 1. The lowest BCUT2D eigenvalue weighted by molar-refractivity contribution is 0.0600. The molecule has 2 N–H and O–H groups in total. The number of hydrogen-bond donors (Lipinski definition) is 2. The first-order valence-electron chi connectivity index (χ1n) is 6.82. The molecule has 0 aliphatic heterocycles. The summed E-state index contributed by atoms with van der Waals surface area (Å²) >= 11 is 0. The third-order valence-corrected chi connectivity index (χ3v) is 4.70. The van der Waals surface area contributed by atoms with Gasteiger partial charge in [-0.05, 0) is 36.8 Å². The van der Waals surface area contributed by atoms with E-state index < -0.39 is 22.1 Å². The van der Waals surface area contributed by atoms with Crippen LogP contribution in [0.15, 0.2) is 52.2 Å². The van der Waals surface area contributed by atoms with Gasteiger partial charge in [0.15, 0.2) is 0 Å². The summed E-state index contributed by atoms with van der Waals surface area (Å²) in [6.45, 7) is 0.0629. The van der Waals surface area contributed by atoms with Crippen LogP contribution >= 0.6 is 0 Å². The fraction of sp³-hybridized carbons (Fsp3) is 0.267. The van der Waals surface area contributed by atoms with Crippen molar-refractivity contribution in [1.29, 1.82) is 0 Å². The second kappa shape index (κ2) is 7.40.